The summed E-state index contributed by atoms with van der Waals surface area (Å²) in [6.07, 6.45) is 2.47. The molecule has 1 aromatic heterocycles. The predicted molar refractivity (Wildman–Crippen MR) is 97.3 cm³/mol. The Hall–Kier alpha value is -3.02. The molecule has 0 spiro atoms. The van der Waals surface area contributed by atoms with Crippen LogP contribution in [0.15, 0.2) is 51.7 Å². The molecule has 6 nitrogen and oxygen atoms in total. The summed E-state index contributed by atoms with van der Waals surface area (Å²) in [5.74, 6) is -0.658. The number of amides is 1. The van der Waals surface area contributed by atoms with Crippen LogP contribution in [-0.4, -0.2) is 23.6 Å². The van der Waals surface area contributed by atoms with E-state index in [0.717, 1.165) is 18.8 Å². The van der Waals surface area contributed by atoms with Gasteiger partial charge in [0.1, 0.15) is 0 Å². The third-order valence-corrected chi connectivity index (χ3v) is 4.65. The zero-order valence-corrected chi connectivity index (χ0v) is 14.0. The fourth-order valence-electron chi connectivity index (χ4n) is 3.20. The van der Waals surface area contributed by atoms with E-state index in [2.05, 4.69) is 10.2 Å². The number of aryl methyl sites for hydroxylation is 1. The Labute approximate surface area is 144 Å². The molecule has 0 bridgehead atoms. The molecule has 3 aromatic rings. The van der Waals surface area contributed by atoms with Crippen LogP contribution in [0.2, 0.25) is 0 Å². The van der Waals surface area contributed by atoms with Gasteiger partial charge in [0.2, 0.25) is 0 Å². The molecule has 6 heteroatoms. The summed E-state index contributed by atoms with van der Waals surface area (Å²) >= 11 is 0. The molecule has 0 aliphatic carbocycles. The van der Waals surface area contributed by atoms with Crippen LogP contribution < -0.4 is 16.0 Å². The molecule has 0 atom stereocenters. The molecule has 1 amide bonds. The lowest BCUT2D eigenvalue weighted by atomic mass is 10.2. The average molecular weight is 337 g/mol. The highest BCUT2D eigenvalue weighted by atomic mass is 16.4. The van der Waals surface area contributed by atoms with Crippen molar-refractivity contribution in [3.8, 4) is 0 Å². The standard InChI is InChI=1S/C19H19N3O3/c1-21-16-12-13(4-9-17(16)25-19(21)24)18(23)20-14-5-7-15(8-6-14)22-10-2-3-11-22/h4-9,12H,2-3,10-11H2,1H3,(H,20,23). The van der Waals surface area contributed by atoms with Gasteiger partial charge in [0.05, 0.1) is 5.52 Å². The van der Waals surface area contributed by atoms with Gasteiger partial charge in [-0.15, -0.1) is 0 Å². The molecule has 25 heavy (non-hydrogen) atoms. The van der Waals surface area contributed by atoms with Crippen molar-refractivity contribution in [1.82, 2.24) is 4.57 Å². The smallest absolute Gasteiger partial charge is 0.408 e. The fraction of sp³-hybridized carbons (Fsp3) is 0.263. The summed E-state index contributed by atoms with van der Waals surface area (Å²) in [6.45, 7) is 2.18. The van der Waals surface area contributed by atoms with Gasteiger partial charge in [0.25, 0.3) is 5.91 Å². The van der Waals surface area contributed by atoms with E-state index in [9.17, 15) is 9.59 Å². The summed E-state index contributed by atoms with van der Waals surface area (Å²) in [5, 5.41) is 2.89. The van der Waals surface area contributed by atoms with Crippen LogP contribution in [0.4, 0.5) is 11.4 Å². The van der Waals surface area contributed by atoms with Crippen LogP contribution in [0.5, 0.6) is 0 Å². The first kappa shape index (κ1) is 15.5. The van der Waals surface area contributed by atoms with E-state index in [-0.39, 0.29) is 5.91 Å². The number of anilines is 2. The lowest BCUT2D eigenvalue weighted by molar-refractivity contribution is 0.102. The van der Waals surface area contributed by atoms with E-state index >= 15 is 0 Å². The molecule has 4 rings (SSSR count). The van der Waals surface area contributed by atoms with Crippen molar-refractivity contribution in [2.75, 3.05) is 23.3 Å². The molecule has 1 N–H and O–H groups in total. The van der Waals surface area contributed by atoms with Crippen LogP contribution in [0.3, 0.4) is 0 Å². The number of hydrogen-bond donors (Lipinski definition) is 1. The number of carbonyl (C=O) groups is 1. The number of oxazole rings is 1. The number of rotatable bonds is 3. The average Bonchev–Trinajstić information content (AvgIpc) is 3.25. The van der Waals surface area contributed by atoms with Crippen molar-refractivity contribution >= 4 is 28.4 Å². The topological polar surface area (TPSA) is 67.5 Å². The van der Waals surface area contributed by atoms with E-state index in [1.807, 2.05) is 24.3 Å². The zero-order valence-electron chi connectivity index (χ0n) is 14.0. The Bertz CT molecular complexity index is 979. The third kappa shape index (κ3) is 2.91. The molecule has 2 aromatic carbocycles. The highest BCUT2D eigenvalue weighted by Gasteiger charge is 2.13. The van der Waals surface area contributed by atoms with Gasteiger partial charge in [-0.1, -0.05) is 0 Å². The Morgan fingerprint density at radius 1 is 1.08 bits per heavy atom. The van der Waals surface area contributed by atoms with E-state index in [4.69, 9.17) is 4.42 Å². The van der Waals surface area contributed by atoms with E-state index in [0.29, 0.717) is 16.7 Å². The first-order valence-electron chi connectivity index (χ1n) is 8.38. The van der Waals surface area contributed by atoms with Gasteiger partial charge in [-0.05, 0) is 55.3 Å². The molecule has 0 radical (unpaired) electrons. The van der Waals surface area contributed by atoms with Crippen LogP contribution in [-0.2, 0) is 7.05 Å². The summed E-state index contributed by atoms with van der Waals surface area (Å²) in [6, 6.07) is 12.8. The van der Waals surface area contributed by atoms with Crippen LogP contribution >= 0.6 is 0 Å². The van der Waals surface area contributed by atoms with Crippen LogP contribution in [0, 0.1) is 0 Å². The minimum Gasteiger partial charge on any atom is -0.408 e. The number of benzene rings is 2. The molecule has 1 aliphatic rings. The fourth-order valence-corrected chi connectivity index (χ4v) is 3.20. The van der Waals surface area contributed by atoms with Crippen LogP contribution in [0.25, 0.3) is 11.1 Å². The summed E-state index contributed by atoms with van der Waals surface area (Å²) in [4.78, 5) is 26.4. The second-order valence-electron chi connectivity index (χ2n) is 6.30. The molecule has 128 valence electrons. The molecule has 1 aliphatic heterocycles. The van der Waals surface area contributed by atoms with Gasteiger partial charge in [-0.3, -0.25) is 9.36 Å². The minimum absolute atomic E-state index is 0.218. The van der Waals surface area contributed by atoms with Crippen LogP contribution in [0.1, 0.15) is 23.2 Å². The molecule has 0 saturated carbocycles. The number of nitrogens with zero attached hydrogens (tertiary/aromatic N) is 2. The van der Waals surface area contributed by atoms with Gasteiger partial charge >= 0.3 is 5.76 Å². The molecule has 2 heterocycles. The maximum atomic E-state index is 12.5. The molecular weight excluding hydrogens is 318 g/mol. The quantitative estimate of drug-likeness (QED) is 0.798. The Morgan fingerprint density at radius 3 is 2.52 bits per heavy atom. The largest absolute Gasteiger partial charge is 0.419 e. The van der Waals surface area contributed by atoms with Gasteiger partial charge in [0, 0.05) is 37.1 Å². The lowest BCUT2D eigenvalue weighted by Gasteiger charge is -2.17. The number of fused-ring (bicyclic) bond motifs is 1. The number of hydrogen-bond acceptors (Lipinski definition) is 4. The number of aromatic nitrogens is 1. The van der Waals surface area contributed by atoms with Gasteiger partial charge in [0.15, 0.2) is 5.58 Å². The Kier molecular flexibility index (Phi) is 3.80. The summed E-state index contributed by atoms with van der Waals surface area (Å²) in [5.41, 5.74) is 3.48. The maximum Gasteiger partial charge on any atom is 0.419 e. The molecule has 1 fully saturated rings. The van der Waals surface area contributed by atoms with Crippen molar-refractivity contribution in [3.63, 3.8) is 0 Å². The van der Waals surface area contributed by atoms with Gasteiger partial charge in [-0.25, -0.2) is 4.79 Å². The van der Waals surface area contributed by atoms with Crippen molar-refractivity contribution in [3.05, 3.63) is 58.6 Å². The SMILES string of the molecule is Cn1c(=O)oc2ccc(C(=O)Nc3ccc(N4CCCC4)cc3)cc21. The number of nitrogens with one attached hydrogen (secondary N) is 1. The van der Waals surface area contributed by atoms with Crippen molar-refractivity contribution in [1.29, 1.82) is 0 Å². The van der Waals surface area contributed by atoms with Crippen molar-refractivity contribution in [2.45, 2.75) is 12.8 Å². The molecule has 1 saturated heterocycles. The zero-order chi connectivity index (χ0) is 17.4. The third-order valence-electron chi connectivity index (χ3n) is 4.65. The van der Waals surface area contributed by atoms with Gasteiger partial charge < -0.3 is 14.6 Å². The maximum absolute atomic E-state index is 12.5. The first-order chi connectivity index (χ1) is 12.1. The van der Waals surface area contributed by atoms with E-state index < -0.39 is 5.76 Å². The van der Waals surface area contributed by atoms with Crippen molar-refractivity contribution in [2.24, 2.45) is 7.05 Å². The summed E-state index contributed by atoms with van der Waals surface area (Å²) in [7, 11) is 1.62. The normalized spacial score (nSPS) is 14.2. The van der Waals surface area contributed by atoms with E-state index in [1.165, 1.54) is 23.1 Å². The first-order valence-corrected chi connectivity index (χ1v) is 8.38. The Balaban J connectivity index is 1.53. The second-order valence-corrected chi connectivity index (χ2v) is 6.30. The highest BCUT2D eigenvalue weighted by molar-refractivity contribution is 6.05. The monoisotopic (exact) mass is 337 g/mol. The molecule has 0 unspecified atom stereocenters. The minimum atomic E-state index is -0.440. The number of carbonyl (C=O) groups excluding carboxylic acids is 1. The van der Waals surface area contributed by atoms with Gasteiger partial charge in [-0.2, -0.15) is 0 Å². The molecular formula is C19H19N3O3. The highest BCUT2D eigenvalue weighted by Crippen LogP contribution is 2.22. The second kappa shape index (κ2) is 6.12. The Morgan fingerprint density at radius 2 is 1.80 bits per heavy atom. The lowest BCUT2D eigenvalue weighted by Crippen LogP contribution is -2.17. The predicted octanol–water partition coefficient (Wildman–Crippen LogP) is 2.98. The van der Waals surface area contributed by atoms with E-state index in [1.54, 1.807) is 25.2 Å². The summed E-state index contributed by atoms with van der Waals surface area (Å²) < 4.78 is 6.47. The van der Waals surface area contributed by atoms with Crippen molar-refractivity contribution < 1.29 is 9.21 Å².